The van der Waals surface area contributed by atoms with Crippen molar-refractivity contribution in [1.82, 2.24) is 0 Å². The number of hydrogen-bond acceptors (Lipinski definition) is 6. The van der Waals surface area contributed by atoms with E-state index >= 15 is 0 Å². The van der Waals surface area contributed by atoms with E-state index in [1.54, 1.807) is 0 Å². The minimum Gasteiger partial charge on any atom is -0.481 e. The second kappa shape index (κ2) is 23.1. The second-order valence-corrected chi connectivity index (χ2v) is 7.53. The van der Waals surface area contributed by atoms with Gasteiger partial charge >= 0.3 is 11.9 Å². The van der Waals surface area contributed by atoms with Crippen LogP contribution in [0.15, 0.2) is 0 Å². The van der Waals surface area contributed by atoms with E-state index in [0.29, 0.717) is 6.42 Å². The first kappa shape index (κ1) is 30.0. The second-order valence-electron chi connectivity index (χ2n) is 7.53. The van der Waals surface area contributed by atoms with Crippen molar-refractivity contribution in [2.45, 2.75) is 116 Å². The summed E-state index contributed by atoms with van der Waals surface area (Å²) in [4.78, 5) is 20.8. The van der Waals surface area contributed by atoms with Gasteiger partial charge in [0.25, 0.3) is 0 Å². The zero-order chi connectivity index (χ0) is 22.3. The highest BCUT2D eigenvalue weighted by Gasteiger charge is 2.12. The number of aliphatic carboxylic acids is 1. The van der Waals surface area contributed by atoms with E-state index < -0.39 is 30.8 Å². The van der Waals surface area contributed by atoms with Crippen molar-refractivity contribution in [2.75, 3.05) is 13.2 Å². The molecule has 0 aromatic rings. The molecule has 2 atom stereocenters. The quantitative estimate of drug-likeness (QED) is 0.196. The number of carbonyl (C=O) groups is 2. The van der Waals surface area contributed by atoms with Gasteiger partial charge in [0.15, 0.2) is 0 Å². The van der Waals surface area contributed by atoms with E-state index in [1.807, 2.05) is 0 Å². The molecule has 4 N–H and O–H groups in total. The van der Waals surface area contributed by atoms with Crippen LogP contribution in [0, 0.1) is 0 Å². The Balaban J connectivity index is 0. The molecule has 0 saturated heterocycles. The first-order chi connectivity index (χ1) is 13.8. The summed E-state index contributed by atoms with van der Waals surface area (Å²) in [6.07, 6.45) is 15.0. The maximum Gasteiger partial charge on any atom is 0.334 e. The van der Waals surface area contributed by atoms with E-state index in [0.717, 1.165) is 12.8 Å². The highest BCUT2D eigenvalue weighted by Crippen LogP contribution is 2.12. The van der Waals surface area contributed by atoms with Crippen LogP contribution in [0.2, 0.25) is 0 Å². The van der Waals surface area contributed by atoms with Gasteiger partial charge in [-0.2, -0.15) is 0 Å². The zero-order valence-electron chi connectivity index (χ0n) is 18.5. The van der Waals surface area contributed by atoms with Crippen LogP contribution in [0.25, 0.3) is 0 Å². The largest absolute Gasteiger partial charge is 0.481 e. The van der Waals surface area contributed by atoms with Crippen molar-refractivity contribution in [1.29, 1.82) is 0 Å². The van der Waals surface area contributed by atoms with Crippen LogP contribution in [0.5, 0.6) is 0 Å². The molecule has 0 bridgehead atoms. The zero-order valence-corrected chi connectivity index (χ0v) is 18.5. The van der Waals surface area contributed by atoms with Crippen molar-refractivity contribution in [3.05, 3.63) is 0 Å². The highest BCUT2D eigenvalue weighted by molar-refractivity contribution is 5.73. The van der Waals surface area contributed by atoms with Gasteiger partial charge in [-0.05, 0) is 13.3 Å². The van der Waals surface area contributed by atoms with Crippen molar-refractivity contribution < 1.29 is 34.8 Å². The summed E-state index contributed by atoms with van der Waals surface area (Å²) < 4.78 is 4.36. The minimum absolute atomic E-state index is 0.291. The highest BCUT2D eigenvalue weighted by atomic mass is 16.6. The summed E-state index contributed by atoms with van der Waals surface area (Å²) in [5, 5.41) is 34.0. The lowest BCUT2D eigenvalue weighted by Gasteiger charge is -2.09. The summed E-state index contributed by atoms with van der Waals surface area (Å²) >= 11 is 0. The molecule has 0 heterocycles. The number of carbonyl (C=O) groups excluding carboxylic acids is 1. The normalized spacial score (nSPS) is 12.6. The molecule has 29 heavy (non-hydrogen) atoms. The number of ether oxygens (including phenoxy) is 1. The van der Waals surface area contributed by atoms with Crippen molar-refractivity contribution in [3.8, 4) is 0 Å². The number of unbranched alkanes of at least 4 members (excludes halogenated alkanes) is 12. The maximum atomic E-state index is 10.5. The topological polar surface area (TPSA) is 124 Å². The number of carboxylic acid groups (broad SMARTS) is 1. The molecule has 0 saturated carbocycles. The minimum atomic E-state index is -1.19. The lowest BCUT2D eigenvalue weighted by atomic mass is 10.0. The van der Waals surface area contributed by atoms with Gasteiger partial charge in [-0.3, -0.25) is 4.79 Å². The Kier molecular flexibility index (Phi) is 23.9. The molecule has 174 valence electrons. The number of rotatable bonds is 18. The predicted molar refractivity (Wildman–Crippen MR) is 114 cm³/mol. The number of aliphatic hydroxyl groups excluding tert-OH is 3. The van der Waals surface area contributed by atoms with Crippen LogP contribution in [0.1, 0.15) is 104 Å². The Labute approximate surface area is 176 Å². The molecule has 7 heteroatoms. The van der Waals surface area contributed by atoms with Crippen LogP contribution in [0.3, 0.4) is 0 Å². The van der Waals surface area contributed by atoms with E-state index in [1.165, 1.54) is 77.6 Å². The molecule has 0 aliphatic heterocycles. The molecule has 0 aliphatic rings. The fourth-order valence-corrected chi connectivity index (χ4v) is 2.65. The third-order valence-corrected chi connectivity index (χ3v) is 4.46. The van der Waals surface area contributed by atoms with Crippen molar-refractivity contribution in [3.63, 3.8) is 0 Å². The summed E-state index contributed by atoms with van der Waals surface area (Å²) in [6, 6.07) is 0. The van der Waals surface area contributed by atoms with Crippen molar-refractivity contribution in [2.24, 2.45) is 0 Å². The van der Waals surface area contributed by atoms with E-state index in [4.69, 9.17) is 20.4 Å². The number of hydrogen-bond donors (Lipinski definition) is 4. The molecule has 0 fully saturated rings. The van der Waals surface area contributed by atoms with Gasteiger partial charge in [0.1, 0.15) is 18.8 Å². The number of aliphatic hydroxyl groups is 3. The molecular formula is C22H44O7. The Morgan fingerprint density at radius 2 is 1.21 bits per heavy atom. The monoisotopic (exact) mass is 420 g/mol. The molecular weight excluding hydrogens is 376 g/mol. The first-order valence-corrected chi connectivity index (χ1v) is 11.2. The van der Waals surface area contributed by atoms with E-state index in [9.17, 15) is 9.59 Å². The lowest BCUT2D eigenvalue weighted by molar-refractivity contribution is -0.156. The molecule has 0 radical (unpaired) electrons. The van der Waals surface area contributed by atoms with Crippen LogP contribution in [-0.4, -0.2) is 57.8 Å². The molecule has 2 unspecified atom stereocenters. The van der Waals surface area contributed by atoms with Gasteiger partial charge in [0.2, 0.25) is 0 Å². The SMILES string of the molecule is CC(O)C(=O)OCC(O)CO.CCCCCCCCCCCCCCCC(=O)O. The Morgan fingerprint density at radius 1 is 0.793 bits per heavy atom. The van der Waals surface area contributed by atoms with Crippen molar-refractivity contribution >= 4 is 11.9 Å². The Bertz CT molecular complexity index is 372. The van der Waals surface area contributed by atoms with Gasteiger partial charge in [0.05, 0.1) is 6.61 Å². The number of esters is 1. The maximum absolute atomic E-state index is 10.5. The summed E-state index contributed by atoms with van der Waals surface area (Å²) in [7, 11) is 0. The molecule has 7 nitrogen and oxygen atoms in total. The van der Waals surface area contributed by atoms with Gasteiger partial charge in [-0.25, -0.2) is 4.79 Å². The Morgan fingerprint density at radius 3 is 1.55 bits per heavy atom. The average Bonchev–Trinajstić information content (AvgIpc) is 2.69. The van der Waals surface area contributed by atoms with Crippen LogP contribution >= 0.6 is 0 Å². The van der Waals surface area contributed by atoms with E-state index in [2.05, 4.69) is 11.7 Å². The molecule has 0 spiro atoms. The smallest absolute Gasteiger partial charge is 0.334 e. The molecule has 0 aromatic carbocycles. The summed E-state index contributed by atoms with van der Waals surface area (Å²) in [6.45, 7) is 2.76. The Hall–Kier alpha value is -1.18. The first-order valence-electron chi connectivity index (χ1n) is 11.2. The summed E-state index contributed by atoms with van der Waals surface area (Å²) in [5.41, 5.74) is 0. The number of carboxylic acids is 1. The standard InChI is InChI=1S/C16H32O2.C6H12O5/c1-2-3-4-5-6-7-8-9-10-11-12-13-14-15-16(17)18;1-4(8)6(10)11-3-5(9)2-7/h2-15H2,1H3,(H,17,18);4-5,7-9H,2-3H2,1H3. The molecule has 0 aliphatic carbocycles. The lowest BCUT2D eigenvalue weighted by Crippen LogP contribution is -2.26. The third kappa shape index (κ3) is 26.8. The van der Waals surface area contributed by atoms with Gasteiger partial charge in [-0.1, -0.05) is 84.0 Å². The molecule has 0 amide bonds. The third-order valence-electron chi connectivity index (χ3n) is 4.46. The van der Waals surface area contributed by atoms with Crippen LogP contribution in [0.4, 0.5) is 0 Å². The fourth-order valence-electron chi connectivity index (χ4n) is 2.65. The summed E-state index contributed by atoms with van der Waals surface area (Å²) in [5.74, 6) is -1.46. The molecule has 0 aromatic heterocycles. The van der Waals surface area contributed by atoms with E-state index in [-0.39, 0.29) is 6.61 Å². The fraction of sp³-hybridized carbons (Fsp3) is 0.909. The average molecular weight is 421 g/mol. The van der Waals surface area contributed by atoms with Gasteiger partial charge in [0, 0.05) is 6.42 Å². The predicted octanol–water partition coefficient (Wildman–Crippen LogP) is 3.82. The molecule has 0 rings (SSSR count). The van der Waals surface area contributed by atoms with Crippen LogP contribution < -0.4 is 0 Å². The van der Waals surface area contributed by atoms with Gasteiger partial charge < -0.3 is 25.2 Å². The van der Waals surface area contributed by atoms with Crippen LogP contribution in [-0.2, 0) is 14.3 Å². The van der Waals surface area contributed by atoms with Gasteiger partial charge in [-0.15, -0.1) is 0 Å².